The molecule has 0 unspecified atom stereocenters. The summed E-state index contributed by atoms with van der Waals surface area (Å²) >= 11 is 0. The van der Waals surface area contributed by atoms with E-state index in [0.29, 0.717) is 41.7 Å². The highest BCUT2D eigenvalue weighted by Gasteiger charge is 2.18. The molecule has 4 nitrogen and oxygen atoms in total. The van der Waals surface area contributed by atoms with Crippen molar-refractivity contribution >= 4 is 16.9 Å². The molecule has 1 heterocycles. The summed E-state index contributed by atoms with van der Waals surface area (Å²) in [4.78, 5) is 14.8. The number of halogens is 1. The van der Waals surface area contributed by atoms with Crippen molar-refractivity contribution in [1.82, 2.24) is 4.98 Å². The Morgan fingerprint density at radius 2 is 2.28 bits per heavy atom. The first-order valence-electron chi connectivity index (χ1n) is 5.84. The van der Waals surface area contributed by atoms with Gasteiger partial charge in [-0.05, 0) is 43.7 Å². The van der Waals surface area contributed by atoms with Gasteiger partial charge in [0.1, 0.15) is 11.5 Å². The summed E-state index contributed by atoms with van der Waals surface area (Å²) in [6.45, 7) is 2.42. The van der Waals surface area contributed by atoms with Crippen LogP contribution < -0.4 is 5.73 Å². The molecule has 0 aliphatic heterocycles. The summed E-state index contributed by atoms with van der Waals surface area (Å²) in [7, 11) is 0. The van der Waals surface area contributed by atoms with Gasteiger partial charge in [0.15, 0.2) is 0 Å². The maximum Gasteiger partial charge on any atom is 0.355 e. The standard InChI is InChI=1S/C13H15FN2O2/c1-2-18-13(17)12-9(5-6-15)10-7-8(14)3-4-11(10)16-12/h3-4,7,16H,2,5-6,15H2,1H3. The van der Waals surface area contributed by atoms with Gasteiger partial charge in [-0.3, -0.25) is 0 Å². The van der Waals surface area contributed by atoms with Crippen LogP contribution in [0, 0.1) is 5.82 Å². The van der Waals surface area contributed by atoms with E-state index in [4.69, 9.17) is 10.5 Å². The van der Waals surface area contributed by atoms with Crippen molar-refractivity contribution in [3.05, 3.63) is 35.3 Å². The number of rotatable bonds is 4. The summed E-state index contributed by atoms with van der Waals surface area (Å²) in [5.41, 5.74) is 7.32. The normalized spacial score (nSPS) is 10.8. The third-order valence-corrected chi connectivity index (χ3v) is 2.74. The Kier molecular flexibility index (Phi) is 3.62. The number of carbonyl (C=O) groups excluding carboxylic acids is 1. The molecule has 1 aromatic heterocycles. The van der Waals surface area contributed by atoms with Crippen LogP contribution in [-0.2, 0) is 11.2 Å². The lowest BCUT2D eigenvalue weighted by atomic mass is 10.1. The van der Waals surface area contributed by atoms with E-state index in [-0.39, 0.29) is 5.82 Å². The Hall–Kier alpha value is -1.88. The molecule has 96 valence electrons. The van der Waals surface area contributed by atoms with Crippen LogP contribution in [-0.4, -0.2) is 24.1 Å². The predicted molar refractivity (Wildman–Crippen MR) is 67.0 cm³/mol. The number of aromatic amines is 1. The lowest BCUT2D eigenvalue weighted by Gasteiger charge is -2.03. The second-order valence-corrected chi connectivity index (χ2v) is 3.93. The Morgan fingerprint density at radius 1 is 1.50 bits per heavy atom. The van der Waals surface area contributed by atoms with Gasteiger partial charge in [-0.25, -0.2) is 9.18 Å². The zero-order valence-electron chi connectivity index (χ0n) is 10.1. The van der Waals surface area contributed by atoms with Gasteiger partial charge in [-0.2, -0.15) is 0 Å². The summed E-state index contributed by atoms with van der Waals surface area (Å²) in [6, 6.07) is 4.35. The Morgan fingerprint density at radius 3 is 2.94 bits per heavy atom. The number of fused-ring (bicyclic) bond motifs is 1. The number of hydrogen-bond donors (Lipinski definition) is 2. The molecule has 18 heavy (non-hydrogen) atoms. The third-order valence-electron chi connectivity index (χ3n) is 2.74. The summed E-state index contributed by atoms with van der Waals surface area (Å²) < 4.78 is 18.2. The van der Waals surface area contributed by atoms with E-state index in [1.165, 1.54) is 12.1 Å². The number of ether oxygens (including phenoxy) is 1. The topological polar surface area (TPSA) is 68.1 Å². The maximum absolute atomic E-state index is 13.3. The molecule has 0 spiro atoms. The minimum atomic E-state index is -0.433. The number of carbonyl (C=O) groups is 1. The van der Waals surface area contributed by atoms with Crippen LogP contribution in [0.1, 0.15) is 23.0 Å². The minimum Gasteiger partial charge on any atom is -0.461 e. The quantitative estimate of drug-likeness (QED) is 0.815. The molecule has 2 rings (SSSR count). The molecule has 0 radical (unpaired) electrons. The van der Waals surface area contributed by atoms with Crippen LogP contribution in [0.15, 0.2) is 18.2 Å². The molecular weight excluding hydrogens is 235 g/mol. The van der Waals surface area contributed by atoms with E-state index in [2.05, 4.69) is 4.98 Å². The van der Waals surface area contributed by atoms with Gasteiger partial charge >= 0.3 is 5.97 Å². The number of nitrogens with one attached hydrogen (secondary N) is 1. The minimum absolute atomic E-state index is 0.296. The number of esters is 1. The Balaban J connectivity index is 2.57. The van der Waals surface area contributed by atoms with Gasteiger partial charge < -0.3 is 15.5 Å². The van der Waals surface area contributed by atoms with E-state index < -0.39 is 5.97 Å². The molecule has 0 bridgehead atoms. The second-order valence-electron chi connectivity index (χ2n) is 3.93. The molecule has 5 heteroatoms. The van der Waals surface area contributed by atoms with Gasteiger partial charge in [0.05, 0.1) is 6.61 Å². The largest absolute Gasteiger partial charge is 0.461 e. The van der Waals surface area contributed by atoms with Crippen molar-refractivity contribution in [3.8, 4) is 0 Å². The fourth-order valence-electron chi connectivity index (χ4n) is 2.00. The zero-order chi connectivity index (χ0) is 13.1. The van der Waals surface area contributed by atoms with Gasteiger partial charge in [0.2, 0.25) is 0 Å². The van der Waals surface area contributed by atoms with Crippen LogP contribution >= 0.6 is 0 Å². The monoisotopic (exact) mass is 250 g/mol. The average Bonchev–Trinajstić information content (AvgIpc) is 2.69. The summed E-state index contributed by atoms with van der Waals surface area (Å²) in [5, 5.41) is 0.684. The van der Waals surface area contributed by atoms with Gasteiger partial charge in [-0.15, -0.1) is 0 Å². The SMILES string of the molecule is CCOC(=O)c1[nH]c2ccc(F)cc2c1CCN. The average molecular weight is 250 g/mol. The predicted octanol–water partition coefficient (Wildman–Crippen LogP) is 1.98. The summed E-state index contributed by atoms with van der Waals surface area (Å²) in [5.74, 6) is -0.771. The molecule has 0 fully saturated rings. The first kappa shape index (κ1) is 12.6. The van der Waals surface area contributed by atoms with Crippen LogP contribution in [0.2, 0.25) is 0 Å². The van der Waals surface area contributed by atoms with Crippen LogP contribution in [0.3, 0.4) is 0 Å². The lowest BCUT2D eigenvalue weighted by Crippen LogP contribution is -2.10. The molecule has 0 amide bonds. The highest BCUT2D eigenvalue weighted by molar-refractivity contribution is 5.98. The van der Waals surface area contributed by atoms with E-state index in [0.717, 1.165) is 0 Å². The number of aromatic nitrogens is 1. The van der Waals surface area contributed by atoms with E-state index >= 15 is 0 Å². The molecule has 0 saturated carbocycles. The van der Waals surface area contributed by atoms with Crippen molar-refractivity contribution in [3.63, 3.8) is 0 Å². The van der Waals surface area contributed by atoms with Crippen molar-refractivity contribution in [2.24, 2.45) is 5.73 Å². The summed E-state index contributed by atoms with van der Waals surface area (Å²) in [6.07, 6.45) is 0.498. The molecule has 1 aromatic carbocycles. The first-order chi connectivity index (χ1) is 8.67. The van der Waals surface area contributed by atoms with Crippen LogP contribution in [0.25, 0.3) is 10.9 Å². The fourth-order valence-corrected chi connectivity index (χ4v) is 2.00. The number of hydrogen-bond acceptors (Lipinski definition) is 3. The Labute approximate surface area is 104 Å². The maximum atomic E-state index is 13.3. The van der Waals surface area contributed by atoms with E-state index in [1.807, 2.05) is 0 Å². The van der Waals surface area contributed by atoms with Crippen LogP contribution in [0.5, 0.6) is 0 Å². The Bertz CT molecular complexity index is 578. The first-order valence-corrected chi connectivity index (χ1v) is 5.84. The van der Waals surface area contributed by atoms with Crippen molar-refractivity contribution in [2.45, 2.75) is 13.3 Å². The fraction of sp³-hybridized carbons (Fsp3) is 0.308. The van der Waals surface area contributed by atoms with Crippen molar-refractivity contribution in [2.75, 3.05) is 13.2 Å². The van der Waals surface area contributed by atoms with E-state index in [1.54, 1.807) is 13.0 Å². The zero-order valence-corrected chi connectivity index (χ0v) is 10.1. The number of benzene rings is 1. The molecule has 3 N–H and O–H groups in total. The van der Waals surface area contributed by atoms with Gasteiger partial charge in [-0.1, -0.05) is 0 Å². The van der Waals surface area contributed by atoms with Crippen molar-refractivity contribution in [1.29, 1.82) is 0 Å². The smallest absolute Gasteiger partial charge is 0.355 e. The lowest BCUT2D eigenvalue weighted by molar-refractivity contribution is 0.0519. The molecule has 0 saturated heterocycles. The van der Waals surface area contributed by atoms with Crippen LogP contribution in [0.4, 0.5) is 4.39 Å². The highest BCUT2D eigenvalue weighted by Crippen LogP contribution is 2.24. The molecule has 2 aromatic rings. The number of H-pyrrole nitrogens is 1. The molecule has 0 atom stereocenters. The van der Waals surface area contributed by atoms with Gasteiger partial charge in [0.25, 0.3) is 0 Å². The molecule has 0 aliphatic carbocycles. The molecular formula is C13H15FN2O2. The number of nitrogens with two attached hydrogens (primary N) is 1. The van der Waals surface area contributed by atoms with E-state index in [9.17, 15) is 9.18 Å². The highest BCUT2D eigenvalue weighted by atomic mass is 19.1. The molecule has 0 aliphatic rings. The van der Waals surface area contributed by atoms with Gasteiger partial charge in [0, 0.05) is 10.9 Å². The van der Waals surface area contributed by atoms with Crippen molar-refractivity contribution < 1.29 is 13.9 Å². The second kappa shape index (κ2) is 5.18. The third kappa shape index (κ3) is 2.22.